The molecule has 0 aliphatic heterocycles. The fraction of sp³-hybridized carbons (Fsp3) is 0.529. The van der Waals surface area contributed by atoms with E-state index in [1.165, 1.54) is 0 Å². The molecule has 1 aliphatic carbocycles. The maximum Gasteiger partial charge on any atom is 0.251 e. The van der Waals surface area contributed by atoms with Gasteiger partial charge in [-0.05, 0) is 44.4 Å². The third-order valence-corrected chi connectivity index (χ3v) is 4.28. The van der Waals surface area contributed by atoms with E-state index < -0.39 is 5.54 Å². The number of carbonyl (C=O) groups excluding carboxylic acids is 2. The highest BCUT2D eigenvalue weighted by Gasteiger charge is 2.35. The second kappa shape index (κ2) is 6.92. The van der Waals surface area contributed by atoms with Gasteiger partial charge in [-0.3, -0.25) is 9.59 Å². The fourth-order valence-corrected chi connectivity index (χ4v) is 2.82. The minimum atomic E-state index is -0.785. The molecule has 0 atom stereocenters. The van der Waals surface area contributed by atoms with E-state index in [9.17, 15) is 9.59 Å². The summed E-state index contributed by atoms with van der Waals surface area (Å²) in [6.07, 6.45) is 4.55. The molecule has 1 aromatic rings. The topological polar surface area (TPSA) is 84.2 Å². The Hall–Kier alpha value is -1.88. The van der Waals surface area contributed by atoms with E-state index >= 15 is 0 Å². The second-order valence-electron chi connectivity index (χ2n) is 6.06. The van der Waals surface area contributed by atoms with Crippen molar-refractivity contribution in [3.8, 4) is 0 Å². The first kappa shape index (κ1) is 16.5. The number of benzene rings is 1. The van der Waals surface area contributed by atoms with Gasteiger partial charge in [-0.25, -0.2) is 0 Å². The summed E-state index contributed by atoms with van der Waals surface area (Å²) < 4.78 is 0. The van der Waals surface area contributed by atoms with Crippen molar-refractivity contribution in [3.63, 3.8) is 0 Å². The van der Waals surface area contributed by atoms with Gasteiger partial charge >= 0.3 is 0 Å². The average molecular weight is 303 g/mol. The molecule has 0 unspecified atom stereocenters. The zero-order valence-electron chi connectivity index (χ0n) is 13.4. The first-order valence-electron chi connectivity index (χ1n) is 7.95. The standard InChI is InChI=1S/C17H25N3O2/c1-3-19-15(21)13-8-7-12(2)14(11-13)20-16(22)17(18)9-5-4-6-10-17/h7-8,11H,3-6,9-10,18H2,1-2H3,(H,19,21)(H,20,22). The van der Waals surface area contributed by atoms with Gasteiger partial charge in [0.2, 0.25) is 5.91 Å². The lowest BCUT2D eigenvalue weighted by Gasteiger charge is -2.32. The van der Waals surface area contributed by atoms with Gasteiger partial charge in [-0.15, -0.1) is 0 Å². The highest BCUT2D eigenvalue weighted by atomic mass is 16.2. The molecule has 1 fully saturated rings. The van der Waals surface area contributed by atoms with Gasteiger partial charge in [0, 0.05) is 17.8 Å². The molecule has 5 nitrogen and oxygen atoms in total. The van der Waals surface area contributed by atoms with E-state index in [0.29, 0.717) is 30.6 Å². The van der Waals surface area contributed by atoms with Gasteiger partial charge in [-0.2, -0.15) is 0 Å². The number of hydrogen-bond donors (Lipinski definition) is 3. The van der Waals surface area contributed by atoms with Crippen molar-refractivity contribution in [1.29, 1.82) is 0 Å². The summed E-state index contributed by atoms with van der Waals surface area (Å²) in [6.45, 7) is 4.34. The van der Waals surface area contributed by atoms with Crippen LogP contribution in [0.2, 0.25) is 0 Å². The maximum atomic E-state index is 12.5. The normalized spacial score (nSPS) is 16.9. The molecule has 0 saturated heterocycles. The third-order valence-electron chi connectivity index (χ3n) is 4.28. The molecule has 0 bridgehead atoms. The Morgan fingerprint density at radius 1 is 1.23 bits per heavy atom. The number of carbonyl (C=O) groups is 2. The van der Waals surface area contributed by atoms with Crippen LogP contribution in [0, 0.1) is 6.92 Å². The summed E-state index contributed by atoms with van der Waals surface area (Å²) in [7, 11) is 0. The zero-order valence-corrected chi connectivity index (χ0v) is 13.4. The second-order valence-corrected chi connectivity index (χ2v) is 6.06. The van der Waals surface area contributed by atoms with Crippen molar-refractivity contribution in [1.82, 2.24) is 5.32 Å². The smallest absolute Gasteiger partial charge is 0.251 e. The van der Waals surface area contributed by atoms with Crippen LogP contribution in [0.15, 0.2) is 18.2 Å². The van der Waals surface area contributed by atoms with E-state index in [4.69, 9.17) is 5.73 Å². The van der Waals surface area contributed by atoms with Crippen molar-refractivity contribution >= 4 is 17.5 Å². The molecule has 2 amide bonds. The lowest BCUT2D eigenvalue weighted by atomic mass is 9.82. The van der Waals surface area contributed by atoms with Crippen LogP contribution in [-0.2, 0) is 4.79 Å². The van der Waals surface area contributed by atoms with Crippen molar-refractivity contribution in [3.05, 3.63) is 29.3 Å². The van der Waals surface area contributed by atoms with E-state index in [1.807, 2.05) is 19.9 Å². The van der Waals surface area contributed by atoms with E-state index in [2.05, 4.69) is 10.6 Å². The quantitative estimate of drug-likeness (QED) is 0.798. The number of nitrogens with two attached hydrogens (primary N) is 1. The highest BCUT2D eigenvalue weighted by Crippen LogP contribution is 2.28. The summed E-state index contributed by atoms with van der Waals surface area (Å²) in [5.41, 5.74) is 7.58. The van der Waals surface area contributed by atoms with Crippen LogP contribution in [0.3, 0.4) is 0 Å². The molecule has 5 heteroatoms. The number of anilines is 1. The molecule has 120 valence electrons. The third kappa shape index (κ3) is 3.65. The molecule has 0 heterocycles. The van der Waals surface area contributed by atoms with Crippen LogP contribution in [0.4, 0.5) is 5.69 Å². The molecule has 0 aromatic heterocycles. The van der Waals surface area contributed by atoms with Gasteiger partial charge in [0.1, 0.15) is 0 Å². The van der Waals surface area contributed by atoms with Crippen LogP contribution in [0.5, 0.6) is 0 Å². The molecular weight excluding hydrogens is 278 g/mol. The maximum absolute atomic E-state index is 12.5. The molecule has 2 rings (SSSR count). The van der Waals surface area contributed by atoms with Gasteiger partial charge in [-0.1, -0.05) is 25.3 Å². The minimum absolute atomic E-state index is 0.141. The van der Waals surface area contributed by atoms with E-state index in [1.54, 1.807) is 12.1 Å². The Kier molecular flexibility index (Phi) is 5.19. The molecule has 1 aromatic carbocycles. The Morgan fingerprint density at radius 3 is 2.55 bits per heavy atom. The molecule has 1 saturated carbocycles. The number of hydrogen-bond acceptors (Lipinski definition) is 3. The zero-order chi connectivity index (χ0) is 16.2. The van der Waals surface area contributed by atoms with E-state index in [-0.39, 0.29) is 11.8 Å². The summed E-state index contributed by atoms with van der Waals surface area (Å²) in [4.78, 5) is 24.4. The Labute approximate surface area is 131 Å². The lowest BCUT2D eigenvalue weighted by Crippen LogP contribution is -2.52. The highest BCUT2D eigenvalue weighted by molar-refractivity contribution is 6.00. The predicted octanol–water partition coefficient (Wildman–Crippen LogP) is 2.34. The van der Waals surface area contributed by atoms with Crippen LogP contribution < -0.4 is 16.4 Å². The van der Waals surface area contributed by atoms with Crippen molar-refractivity contribution < 1.29 is 9.59 Å². The SMILES string of the molecule is CCNC(=O)c1ccc(C)c(NC(=O)C2(N)CCCCC2)c1. The number of rotatable bonds is 4. The largest absolute Gasteiger partial charge is 0.352 e. The fourth-order valence-electron chi connectivity index (χ4n) is 2.82. The molecule has 0 radical (unpaired) electrons. The van der Waals surface area contributed by atoms with Gasteiger partial charge in [0.15, 0.2) is 0 Å². The van der Waals surface area contributed by atoms with Gasteiger partial charge in [0.25, 0.3) is 5.91 Å². The average Bonchev–Trinajstić information content (AvgIpc) is 2.50. The minimum Gasteiger partial charge on any atom is -0.352 e. The predicted molar refractivity (Wildman–Crippen MR) is 87.8 cm³/mol. The van der Waals surface area contributed by atoms with E-state index in [0.717, 1.165) is 24.8 Å². The molecule has 1 aliphatic rings. The Bertz CT molecular complexity index is 563. The lowest BCUT2D eigenvalue weighted by molar-refractivity contribution is -0.122. The van der Waals surface area contributed by atoms with Crippen LogP contribution in [0.25, 0.3) is 0 Å². The Balaban J connectivity index is 2.16. The first-order chi connectivity index (χ1) is 10.5. The van der Waals surface area contributed by atoms with Crippen LogP contribution in [-0.4, -0.2) is 23.9 Å². The summed E-state index contributed by atoms with van der Waals surface area (Å²) in [6, 6.07) is 5.31. The first-order valence-corrected chi connectivity index (χ1v) is 7.95. The number of amides is 2. The molecule has 22 heavy (non-hydrogen) atoms. The van der Waals surface area contributed by atoms with Gasteiger partial charge < -0.3 is 16.4 Å². The van der Waals surface area contributed by atoms with Crippen molar-refractivity contribution in [2.75, 3.05) is 11.9 Å². The molecular formula is C17H25N3O2. The summed E-state index contributed by atoms with van der Waals surface area (Å²) in [5, 5.41) is 5.67. The molecule has 0 spiro atoms. The van der Waals surface area contributed by atoms with Crippen molar-refractivity contribution in [2.45, 2.75) is 51.5 Å². The number of nitrogens with one attached hydrogen (secondary N) is 2. The summed E-state index contributed by atoms with van der Waals surface area (Å²) >= 11 is 0. The van der Waals surface area contributed by atoms with Gasteiger partial charge in [0.05, 0.1) is 5.54 Å². The monoisotopic (exact) mass is 303 g/mol. The van der Waals surface area contributed by atoms with Crippen molar-refractivity contribution in [2.24, 2.45) is 5.73 Å². The summed E-state index contributed by atoms with van der Waals surface area (Å²) in [5.74, 6) is -0.290. The van der Waals surface area contributed by atoms with Crippen LogP contribution >= 0.6 is 0 Å². The number of aryl methyl sites for hydroxylation is 1. The van der Waals surface area contributed by atoms with Crippen LogP contribution in [0.1, 0.15) is 54.9 Å². The Morgan fingerprint density at radius 2 is 1.91 bits per heavy atom. The molecule has 4 N–H and O–H groups in total.